The number of piperidine rings is 1. The number of sulfonamides is 1. The molecule has 1 aromatic carbocycles. The molecule has 1 saturated heterocycles. The van der Waals surface area contributed by atoms with Gasteiger partial charge in [0.15, 0.2) is 0 Å². The van der Waals surface area contributed by atoms with Gasteiger partial charge in [0, 0.05) is 17.6 Å². The molecule has 0 atom stereocenters. The van der Waals surface area contributed by atoms with Gasteiger partial charge in [0.1, 0.15) is 0 Å². The van der Waals surface area contributed by atoms with Crippen molar-refractivity contribution >= 4 is 38.4 Å². The summed E-state index contributed by atoms with van der Waals surface area (Å²) in [5.41, 5.74) is 0.343. The van der Waals surface area contributed by atoms with Gasteiger partial charge in [0.05, 0.1) is 16.5 Å². The lowest BCUT2D eigenvalue weighted by Crippen LogP contribution is -2.40. The second-order valence-corrected chi connectivity index (χ2v) is 8.30. The topological polar surface area (TPSA) is 73.2 Å². The Morgan fingerprint density at radius 2 is 2.00 bits per heavy atom. The van der Waals surface area contributed by atoms with E-state index in [1.54, 1.807) is 12.1 Å². The largest absolute Gasteiger partial charge is 0.317 e. The molecule has 0 unspecified atom stereocenters. The monoisotopic (exact) mass is 421 g/mol. The Balaban J connectivity index is 0.00000264. The maximum absolute atomic E-state index is 12.7. The van der Waals surface area contributed by atoms with E-state index < -0.39 is 10.0 Å². The molecular weight excluding hydrogens is 402 g/mol. The van der Waals surface area contributed by atoms with E-state index in [2.05, 4.69) is 28.2 Å². The fourth-order valence-electron chi connectivity index (χ4n) is 2.63. The minimum Gasteiger partial charge on any atom is -0.317 e. The molecule has 0 aromatic heterocycles. The maximum atomic E-state index is 12.7. The number of nitrogens with zero attached hydrogens (tertiary/aromatic N) is 2. The Bertz CT molecular complexity index is 668. The third-order valence-electron chi connectivity index (χ3n) is 3.89. The fraction of sp³-hybridized carbons (Fsp3) is 0.533. The Morgan fingerprint density at radius 1 is 1.35 bits per heavy atom. The van der Waals surface area contributed by atoms with Crippen molar-refractivity contribution in [1.29, 1.82) is 5.26 Å². The van der Waals surface area contributed by atoms with E-state index in [1.165, 1.54) is 10.4 Å². The van der Waals surface area contributed by atoms with Crippen LogP contribution < -0.4 is 5.32 Å². The zero-order valence-corrected chi connectivity index (χ0v) is 16.2. The second kappa shape index (κ2) is 9.00. The average Bonchev–Trinajstić information content (AvgIpc) is 2.52. The molecule has 8 heteroatoms. The molecule has 1 aromatic rings. The molecule has 23 heavy (non-hydrogen) atoms. The predicted molar refractivity (Wildman–Crippen MR) is 96.1 cm³/mol. The summed E-state index contributed by atoms with van der Waals surface area (Å²) in [5, 5.41) is 12.3. The Morgan fingerprint density at radius 3 is 2.57 bits per heavy atom. The summed E-state index contributed by atoms with van der Waals surface area (Å²) >= 11 is 3.27. The van der Waals surface area contributed by atoms with Crippen LogP contribution in [0.25, 0.3) is 0 Å². The fourth-order valence-corrected chi connectivity index (χ4v) is 4.81. The molecule has 1 aliphatic heterocycles. The van der Waals surface area contributed by atoms with E-state index in [9.17, 15) is 8.42 Å². The minimum atomic E-state index is -3.53. The summed E-state index contributed by atoms with van der Waals surface area (Å²) in [4.78, 5) is 0.184. The molecule has 0 aliphatic carbocycles. The first-order chi connectivity index (χ1) is 10.5. The summed E-state index contributed by atoms with van der Waals surface area (Å²) in [5.74, 6) is 0.531. The average molecular weight is 423 g/mol. The molecule has 0 radical (unpaired) electrons. The Labute approximate surface area is 152 Å². The van der Waals surface area contributed by atoms with E-state index in [4.69, 9.17) is 5.26 Å². The van der Waals surface area contributed by atoms with E-state index in [-0.39, 0.29) is 17.3 Å². The quantitative estimate of drug-likeness (QED) is 0.792. The van der Waals surface area contributed by atoms with E-state index in [0.29, 0.717) is 29.0 Å². The lowest BCUT2D eigenvalue weighted by atomic mass is 9.98. The normalized spacial score (nSPS) is 16.6. The standard InChI is InChI=1S/C15H20BrN3O2S.ClH/c1-2-18-11-12-3-5-19(6-4-12)22(20,21)15-8-13(10-17)7-14(16)9-15;/h7-9,12,18H,2-6,11H2,1H3;1H. The van der Waals surface area contributed by atoms with Crippen LogP contribution in [0.5, 0.6) is 0 Å². The molecule has 1 aliphatic rings. The van der Waals surface area contributed by atoms with Crippen LogP contribution in [-0.2, 0) is 10.0 Å². The number of nitrogens with one attached hydrogen (secondary N) is 1. The number of halogens is 2. The summed E-state index contributed by atoms with van der Waals surface area (Å²) in [6, 6.07) is 6.60. The molecule has 0 saturated carbocycles. The van der Waals surface area contributed by atoms with Crippen LogP contribution in [0.1, 0.15) is 25.3 Å². The third kappa shape index (κ3) is 5.16. The predicted octanol–water partition coefficient (Wildman–Crippen LogP) is 2.75. The smallest absolute Gasteiger partial charge is 0.243 e. The molecule has 2 rings (SSSR count). The van der Waals surface area contributed by atoms with Crippen LogP contribution in [-0.4, -0.2) is 38.9 Å². The molecule has 0 spiro atoms. The van der Waals surface area contributed by atoms with Crippen molar-refractivity contribution in [3.05, 3.63) is 28.2 Å². The summed E-state index contributed by atoms with van der Waals surface area (Å²) < 4.78 is 27.5. The Kier molecular flexibility index (Phi) is 7.98. The zero-order chi connectivity index (χ0) is 16.2. The molecule has 1 fully saturated rings. The van der Waals surface area contributed by atoms with Crippen molar-refractivity contribution in [2.45, 2.75) is 24.7 Å². The van der Waals surface area contributed by atoms with Crippen LogP contribution in [0, 0.1) is 17.2 Å². The summed E-state index contributed by atoms with van der Waals surface area (Å²) in [6.07, 6.45) is 1.73. The highest BCUT2D eigenvalue weighted by Gasteiger charge is 2.29. The molecular formula is C15H21BrClN3O2S. The number of hydrogen-bond donors (Lipinski definition) is 1. The Hall–Kier alpha value is -0.650. The van der Waals surface area contributed by atoms with Gasteiger partial charge in [0.2, 0.25) is 10.0 Å². The summed E-state index contributed by atoms with van der Waals surface area (Å²) in [7, 11) is -3.53. The first-order valence-corrected chi connectivity index (χ1v) is 9.62. The zero-order valence-electron chi connectivity index (χ0n) is 13.0. The first kappa shape index (κ1) is 20.4. The molecule has 1 heterocycles. The van der Waals surface area contributed by atoms with Gasteiger partial charge in [-0.05, 0) is 50.0 Å². The first-order valence-electron chi connectivity index (χ1n) is 7.39. The van der Waals surface area contributed by atoms with Crippen molar-refractivity contribution in [2.75, 3.05) is 26.2 Å². The minimum absolute atomic E-state index is 0. The van der Waals surface area contributed by atoms with Crippen molar-refractivity contribution in [3.8, 4) is 6.07 Å². The number of benzene rings is 1. The lowest BCUT2D eigenvalue weighted by Gasteiger charge is -2.31. The SMILES string of the molecule is CCNCC1CCN(S(=O)(=O)c2cc(Br)cc(C#N)c2)CC1.Cl. The molecule has 0 bridgehead atoms. The van der Waals surface area contributed by atoms with Gasteiger partial charge in [-0.3, -0.25) is 0 Å². The highest BCUT2D eigenvalue weighted by molar-refractivity contribution is 9.10. The second-order valence-electron chi connectivity index (χ2n) is 5.44. The summed E-state index contributed by atoms with van der Waals surface area (Å²) in [6.45, 7) is 5.02. The van der Waals surface area contributed by atoms with Gasteiger partial charge < -0.3 is 5.32 Å². The number of hydrogen-bond acceptors (Lipinski definition) is 4. The maximum Gasteiger partial charge on any atom is 0.243 e. The molecule has 0 amide bonds. The number of nitriles is 1. The van der Waals surface area contributed by atoms with Crippen molar-refractivity contribution in [1.82, 2.24) is 9.62 Å². The van der Waals surface area contributed by atoms with Gasteiger partial charge in [0.25, 0.3) is 0 Å². The van der Waals surface area contributed by atoms with Crippen molar-refractivity contribution < 1.29 is 8.42 Å². The van der Waals surface area contributed by atoms with Crippen molar-refractivity contribution in [2.24, 2.45) is 5.92 Å². The van der Waals surface area contributed by atoms with Gasteiger partial charge >= 0.3 is 0 Å². The van der Waals surface area contributed by atoms with Crippen LogP contribution in [0.15, 0.2) is 27.6 Å². The van der Waals surface area contributed by atoms with Gasteiger partial charge in [-0.25, -0.2) is 8.42 Å². The lowest BCUT2D eigenvalue weighted by molar-refractivity contribution is 0.268. The van der Waals surface area contributed by atoms with Gasteiger partial charge in [-0.1, -0.05) is 22.9 Å². The van der Waals surface area contributed by atoms with Gasteiger partial charge in [-0.2, -0.15) is 9.57 Å². The van der Waals surface area contributed by atoms with Crippen LogP contribution in [0.4, 0.5) is 0 Å². The van der Waals surface area contributed by atoms with E-state index >= 15 is 0 Å². The van der Waals surface area contributed by atoms with E-state index in [1.807, 2.05) is 6.07 Å². The van der Waals surface area contributed by atoms with Crippen LogP contribution in [0.3, 0.4) is 0 Å². The van der Waals surface area contributed by atoms with Gasteiger partial charge in [-0.15, -0.1) is 12.4 Å². The highest BCUT2D eigenvalue weighted by Crippen LogP contribution is 2.26. The van der Waals surface area contributed by atoms with Crippen LogP contribution in [0.2, 0.25) is 0 Å². The molecule has 5 nitrogen and oxygen atoms in total. The van der Waals surface area contributed by atoms with Crippen LogP contribution >= 0.6 is 28.3 Å². The molecule has 128 valence electrons. The molecule has 1 N–H and O–H groups in total. The van der Waals surface area contributed by atoms with E-state index in [0.717, 1.165) is 25.9 Å². The highest BCUT2D eigenvalue weighted by atomic mass is 79.9. The third-order valence-corrected chi connectivity index (χ3v) is 6.23. The van der Waals surface area contributed by atoms with Crippen molar-refractivity contribution in [3.63, 3.8) is 0 Å². The number of rotatable bonds is 5.